The van der Waals surface area contributed by atoms with Crippen LogP contribution in [0.15, 0.2) is 30.3 Å². The molecule has 0 saturated heterocycles. The van der Waals surface area contributed by atoms with Gasteiger partial charge in [-0.3, -0.25) is 0 Å². The molecule has 0 bridgehead atoms. The van der Waals surface area contributed by atoms with E-state index in [1.807, 2.05) is 18.2 Å². The van der Waals surface area contributed by atoms with E-state index in [0.29, 0.717) is 12.8 Å². The van der Waals surface area contributed by atoms with Gasteiger partial charge in [0.1, 0.15) is 0 Å². The van der Waals surface area contributed by atoms with Crippen molar-refractivity contribution >= 4 is 0 Å². The first-order valence-electron chi connectivity index (χ1n) is 6.64. The van der Waals surface area contributed by atoms with Crippen molar-refractivity contribution in [3.05, 3.63) is 35.9 Å². The second kappa shape index (κ2) is 5.65. The van der Waals surface area contributed by atoms with Gasteiger partial charge >= 0.3 is 0 Å². The van der Waals surface area contributed by atoms with Gasteiger partial charge in [0.25, 0.3) is 0 Å². The van der Waals surface area contributed by atoms with E-state index < -0.39 is 5.60 Å². The van der Waals surface area contributed by atoms with E-state index in [1.54, 1.807) is 0 Å². The van der Waals surface area contributed by atoms with E-state index in [4.69, 9.17) is 5.11 Å². The van der Waals surface area contributed by atoms with Crippen LogP contribution in [0.2, 0.25) is 0 Å². The Hall–Kier alpha value is -0.860. The van der Waals surface area contributed by atoms with E-state index in [-0.39, 0.29) is 12.5 Å². The molecule has 0 radical (unpaired) electrons. The molecular weight excluding hydrogens is 212 g/mol. The van der Waals surface area contributed by atoms with Crippen molar-refractivity contribution in [2.75, 3.05) is 6.61 Å². The van der Waals surface area contributed by atoms with E-state index in [0.717, 1.165) is 19.3 Å². The Morgan fingerprint density at radius 1 is 1.18 bits per heavy atom. The molecule has 2 N–H and O–H groups in total. The fourth-order valence-electron chi connectivity index (χ4n) is 3.07. The summed E-state index contributed by atoms with van der Waals surface area (Å²) in [6.07, 6.45) is 5.63. The lowest BCUT2D eigenvalue weighted by atomic mass is 9.70. The molecule has 0 aliphatic heterocycles. The molecule has 0 unspecified atom stereocenters. The minimum absolute atomic E-state index is 0.170. The Kier molecular flexibility index (Phi) is 4.19. The lowest BCUT2D eigenvalue weighted by molar-refractivity contribution is -0.0287. The quantitative estimate of drug-likeness (QED) is 0.841. The Morgan fingerprint density at radius 3 is 2.65 bits per heavy atom. The lowest BCUT2D eigenvalue weighted by Gasteiger charge is -2.40. The maximum Gasteiger partial charge on any atom is 0.0716 e. The van der Waals surface area contributed by atoms with Gasteiger partial charge in [0.05, 0.1) is 5.60 Å². The Balaban J connectivity index is 2.17. The van der Waals surface area contributed by atoms with Gasteiger partial charge in [0.2, 0.25) is 0 Å². The third-order valence-electron chi connectivity index (χ3n) is 3.97. The lowest BCUT2D eigenvalue weighted by Crippen LogP contribution is -2.39. The number of aliphatic hydroxyl groups excluding tert-OH is 1. The summed E-state index contributed by atoms with van der Waals surface area (Å²) in [7, 11) is 0. The molecule has 2 atom stereocenters. The second-order valence-electron chi connectivity index (χ2n) is 5.14. The Morgan fingerprint density at radius 2 is 1.94 bits per heavy atom. The zero-order valence-electron chi connectivity index (χ0n) is 10.3. The van der Waals surface area contributed by atoms with Gasteiger partial charge in [0.15, 0.2) is 0 Å². The average Bonchev–Trinajstić information content (AvgIpc) is 2.38. The molecule has 1 aromatic rings. The highest BCUT2D eigenvalue weighted by Crippen LogP contribution is 2.43. The molecular formula is C15H22O2. The first kappa shape index (κ1) is 12.6. The zero-order valence-corrected chi connectivity index (χ0v) is 10.3. The second-order valence-corrected chi connectivity index (χ2v) is 5.14. The zero-order chi connectivity index (χ0) is 12.1. The van der Waals surface area contributed by atoms with Gasteiger partial charge in [-0.2, -0.15) is 0 Å². The molecule has 1 saturated carbocycles. The van der Waals surface area contributed by atoms with Gasteiger partial charge in [-0.1, -0.05) is 43.2 Å². The van der Waals surface area contributed by atoms with E-state index in [2.05, 4.69) is 12.1 Å². The molecule has 2 rings (SSSR count). The monoisotopic (exact) mass is 234 g/mol. The molecule has 2 nitrogen and oxygen atoms in total. The number of benzene rings is 1. The van der Waals surface area contributed by atoms with Crippen LogP contribution in [0.1, 0.15) is 50.0 Å². The van der Waals surface area contributed by atoms with Crippen molar-refractivity contribution in [2.24, 2.45) is 0 Å². The number of rotatable bonds is 4. The van der Waals surface area contributed by atoms with Crippen molar-refractivity contribution in [3.8, 4) is 0 Å². The smallest absolute Gasteiger partial charge is 0.0716 e. The first-order chi connectivity index (χ1) is 8.26. The van der Waals surface area contributed by atoms with Crippen LogP contribution in [0.3, 0.4) is 0 Å². The fraction of sp³-hybridized carbons (Fsp3) is 0.600. The summed E-state index contributed by atoms with van der Waals surface area (Å²) >= 11 is 0. The van der Waals surface area contributed by atoms with Gasteiger partial charge in [-0.05, 0) is 31.2 Å². The molecule has 0 aromatic heterocycles. The summed E-state index contributed by atoms with van der Waals surface area (Å²) in [5, 5.41) is 19.8. The molecule has 0 amide bonds. The molecule has 1 aromatic carbocycles. The molecule has 0 spiro atoms. The van der Waals surface area contributed by atoms with Crippen LogP contribution in [0.25, 0.3) is 0 Å². The summed E-state index contributed by atoms with van der Waals surface area (Å²) in [6, 6.07) is 10.3. The van der Waals surface area contributed by atoms with E-state index in [1.165, 1.54) is 12.0 Å². The molecule has 94 valence electrons. The summed E-state index contributed by atoms with van der Waals surface area (Å²) < 4.78 is 0. The maximum atomic E-state index is 10.8. The molecule has 2 heteroatoms. The van der Waals surface area contributed by atoms with Crippen molar-refractivity contribution in [3.63, 3.8) is 0 Å². The van der Waals surface area contributed by atoms with Crippen molar-refractivity contribution in [2.45, 2.75) is 50.0 Å². The Bertz CT molecular complexity index is 336. The number of hydrogen-bond acceptors (Lipinski definition) is 2. The van der Waals surface area contributed by atoms with Gasteiger partial charge < -0.3 is 10.2 Å². The van der Waals surface area contributed by atoms with Crippen LogP contribution < -0.4 is 0 Å². The SMILES string of the molecule is OCCC[C@]1(O)CCCC[C@@H]1c1ccccc1. The number of hydrogen-bond donors (Lipinski definition) is 2. The molecule has 17 heavy (non-hydrogen) atoms. The fourth-order valence-corrected chi connectivity index (χ4v) is 3.07. The maximum absolute atomic E-state index is 10.8. The van der Waals surface area contributed by atoms with E-state index in [9.17, 15) is 5.11 Å². The van der Waals surface area contributed by atoms with Crippen LogP contribution in [-0.4, -0.2) is 22.4 Å². The highest BCUT2D eigenvalue weighted by atomic mass is 16.3. The minimum Gasteiger partial charge on any atom is -0.396 e. The van der Waals surface area contributed by atoms with Crippen molar-refractivity contribution < 1.29 is 10.2 Å². The van der Waals surface area contributed by atoms with Crippen LogP contribution in [0.4, 0.5) is 0 Å². The highest BCUT2D eigenvalue weighted by molar-refractivity contribution is 5.23. The molecule has 1 aliphatic rings. The van der Waals surface area contributed by atoms with Crippen LogP contribution in [-0.2, 0) is 0 Å². The standard InChI is InChI=1S/C15H22O2/c16-12-6-11-15(17)10-5-4-9-14(15)13-7-2-1-3-8-13/h1-3,7-8,14,16-17H,4-6,9-12H2/t14-,15-/m1/s1. The predicted octanol–water partition coefficient (Wildman–Crippen LogP) is 2.85. The largest absolute Gasteiger partial charge is 0.396 e. The van der Waals surface area contributed by atoms with E-state index >= 15 is 0 Å². The minimum atomic E-state index is -0.609. The summed E-state index contributed by atoms with van der Waals surface area (Å²) in [4.78, 5) is 0. The van der Waals surface area contributed by atoms with Gasteiger partial charge in [-0.25, -0.2) is 0 Å². The molecule has 1 aliphatic carbocycles. The van der Waals surface area contributed by atoms with Gasteiger partial charge in [-0.15, -0.1) is 0 Å². The highest BCUT2D eigenvalue weighted by Gasteiger charge is 2.38. The van der Waals surface area contributed by atoms with Crippen LogP contribution in [0, 0.1) is 0 Å². The summed E-state index contributed by atoms with van der Waals surface area (Å²) in [6.45, 7) is 0.170. The third kappa shape index (κ3) is 2.88. The first-order valence-corrected chi connectivity index (χ1v) is 6.64. The summed E-state index contributed by atoms with van der Waals surface area (Å²) in [5.74, 6) is 0.240. The van der Waals surface area contributed by atoms with Crippen molar-refractivity contribution in [1.29, 1.82) is 0 Å². The molecule has 1 fully saturated rings. The average molecular weight is 234 g/mol. The molecule has 0 heterocycles. The normalized spacial score (nSPS) is 29.2. The Labute approximate surface area is 103 Å². The predicted molar refractivity (Wildman–Crippen MR) is 68.9 cm³/mol. The van der Waals surface area contributed by atoms with Crippen LogP contribution in [0.5, 0.6) is 0 Å². The number of aliphatic hydroxyl groups is 2. The van der Waals surface area contributed by atoms with Crippen LogP contribution >= 0.6 is 0 Å². The topological polar surface area (TPSA) is 40.5 Å². The third-order valence-corrected chi connectivity index (χ3v) is 3.97. The summed E-state index contributed by atoms with van der Waals surface area (Å²) in [5.41, 5.74) is 0.634. The van der Waals surface area contributed by atoms with Gasteiger partial charge in [0, 0.05) is 12.5 Å². The van der Waals surface area contributed by atoms with Crippen molar-refractivity contribution in [1.82, 2.24) is 0 Å².